The van der Waals surface area contributed by atoms with Crippen molar-refractivity contribution in [2.45, 2.75) is 43.5 Å². The molecule has 1 aliphatic rings. The van der Waals surface area contributed by atoms with Gasteiger partial charge < -0.3 is 70.5 Å². The van der Waals surface area contributed by atoms with Crippen molar-refractivity contribution in [2.24, 2.45) is 16.5 Å². The van der Waals surface area contributed by atoms with Gasteiger partial charge in [-0.2, -0.15) is 0 Å². The Hall–Kier alpha value is -4.71. The van der Waals surface area contributed by atoms with Gasteiger partial charge in [-0.25, -0.2) is 9.59 Å². The maximum absolute atomic E-state index is 12.8. The number of esters is 1. The topological polar surface area (TPSA) is 275 Å². The van der Waals surface area contributed by atoms with Crippen LogP contribution in [0.2, 0.25) is 0 Å². The molecular formula is C27H35N3O14. The number of aromatic carboxylic acids is 1. The minimum Gasteiger partial charge on any atom is -0.504 e. The molecule has 0 saturated carbocycles. The van der Waals surface area contributed by atoms with E-state index >= 15 is 0 Å². The molecule has 2 aromatic rings. The quantitative estimate of drug-likeness (QED) is 0.0578. The monoisotopic (exact) mass is 625 g/mol. The number of carboxylic acids is 1. The van der Waals surface area contributed by atoms with Crippen molar-refractivity contribution in [2.75, 3.05) is 34.5 Å². The average molecular weight is 626 g/mol. The summed E-state index contributed by atoms with van der Waals surface area (Å²) in [5.74, 6) is -4.54. The standard InChI is InChI=1S/C27H35N3O14/c1-39-14-9-13(17(31)23(41-3)19(14)33)25(38)42-10-16-18(32)20(34)21(35)26(43-16)44-22-11(5-4-6-30-27(28)29)7-12(24(36)37)8-15(22)40-2/h7-9,16,18,20-21,26,31-35H,4-6,10H2,1-3H3,(H,36,37)(H4,28,29,30)/t16-,18-,20+,21-,26-/m1/s1. The highest BCUT2D eigenvalue weighted by atomic mass is 16.7. The van der Waals surface area contributed by atoms with Crippen LogP contribution in [0.4, 0.5) is 0 Å². The summed E-state index contributed by atoms with van der Waals surface area (Å²) in [7, 11) is 3.61. The van der Waals surface area contributed by atoms with Crippen LogP contribution in [0.3, 0.4) is 0 Å². The van der Waals surface area contributed by atoms with E-state index in [0.29, 0.717) is 12.0 Å². The number of aliphatic imine (C=N–C) groups is 1. The van der Waals surface area contributed by atoms with Gasteiger partial charge in [0.05, 0.1) is 26.9 Å². The van der Waals surface area contributed by atoms with E-state index in [1.807, 2.05) is 0 Å². The Balaban J connectivity index is 1.85. The summed E-state index contributed by atoms with van der Waals surface area (Å²) in [6.45, 7) is -0.494. The minimum atomic E-state index is -1.84. The molecule has 242 valence electrons. The van der Waals surface area contributed by atoms with Crippen LogP contribution in [0.5, 0.6) is 34.5 Å². The van der Waals surface area contributed by atoms with Crippen LogP contribution in [0.15, 0.2) is 23.2 Å². The Labute approximate surface area is 250 Å². The van der Waals surface area contributed by atoms with E-state index in [1.54, 1.807) is 0 Å². The van der Waals surface area contributed by atoms with Crippen molar-refractivity contribution in [3.63, 3.8) is 0 Å². The number of phenols is 2. The first-order chi connectivity index (χ1) is 20.8. The molecule has 1 saturated heterocycles. The lowest BCUT2D eigenvalue weighted by Gasteiger charge is -2.40. The van der Waals surface area contributed by atoms with E-state index in [9.17, 15) is 40.2 Å². The fourth-order valence-corrected chi connectivity index (χ4v) is 4.35. The Morgan fingerprint density at radius 2 is 1.59 bits per heavy atom. The number of aliphatic hydroxyl groups is 3. The number of hydrogen-bond acceptors (Lipinski definition) is 14. The zero-order chi connectivity index (χ0) is 32.7. The zero-order valence-corrected chi connectivity index (χ0v) is 24.0. The Kier molecular flexibility index (Phi) is 11.2. The highest BCUT2D eigenvalue weighted by molar-refractivity contribution is 5.95. The molecule has 0 aliphatic carbocycles. The van der Waals surface area contributed by atoms with Crippen molar-refractivity contribution in [1.29, 1.82) is 0 Å². The Morgan fingerprint density at radius 3 is 2.18 bits per heavy atom. The van der Waals surface area contributed by atoms with E-state index in [2.05, 4.69) is 4.99 Å². The predicted octanol–water partition coefficient (Wildman–Crippen LogP) is -0.929. The number of ether oxygens (including phenoxy) is 6. The average Bonchev–Trinajstić information content (AvgIpc) is 2.99. The second kappa shape index (κ2) is 14.6. The second-order valence-electron chi connectivity index (χ2n) is 9.47. The van der Waals surface area contributed by atoms with Crippen LogP contribution in [0.25, 0.3) is 0 Å². The molecule has 17 nitrogen and oxygen atoms in total. The number of carbonyl (C=O) groups is 2. The molecule has 0 aromatic heterocycles. The van der Waals surface area contributed by atoms with Crippen LogP contribution in [-0.4, -0.2) is 114 Å². The molecule has 0 bridgehead atoms. The number of nitrogens with two attached hydrogens (primary N) is 2. The van der Waals surface area contributed by atoms with Crippen molar-refractivity contribution in [3.05, 3.63) is 34.9 Å². The largest absolute Gasteiger partial charge is 0.504 e. The number of aryl methyl sites for hydroxylation is 1. The summed E-state index contributed by atoms with van der Waals surface area (Å²) in [5.41, 5.74) is 10.4. The summed E-state index contributed by atoms with van der Waals surface area (Å²) >= 11 is 0. The Bertz CT molecular complexity index is 1380. The van der Waals surface area contributed by atoms with Crippen LogP contribution >= 0.6 is 0 Å². The van der Waals surface area contributed by atoms with E-state index in [4.69, 9.17) is 39.9 Å². The molecule has 1 fully saturated rings. The van der Waals surface area contributed by atoms with E-state index in [1.165, 1.54) is 26.4 Å². The lowest BCUT2D eigenvalue weighted by molar-refractivity contribution is -0.277. The van der Waals surface area contributed by atoms with Gasteiger partial charge in [-0.1, -0.05) is 0 Å². The summed E-state index contributed by atoms with van der Waals surface area (Å²) in [5, 5.41) is 61.8. The molecule has 0 unspecified atom stereocenters. The van der Waals surface area contributed by atoms with Crippen LogP contribution in [0.1, 0.15) is 32.7 Å². The van der Waals surface area contributed by atoms with Gasteiger partial charge in [0.1, 0.15) is 36.6 Å². The molecule has 0 spiro atoms. The third-order valence-corrected chi connectivity index (χ3v) is 6.62. The maximum atomic E-state index is 12.8. The first kappa shape index (κ1) is 33.8. The van der Waals surface area contributed by atoms with Crippen LogP contribution < -0.4 is 30.4 Å². The van der Waals surface area contributed by atoms with E-state index in [-0.39, 0.29) is 41.7 Å². The molecular weight excluding hydrogens is 590 g/mol. The molecule has 1 aliphatic heterocycles. The zero-order valence-electron chi connectivity index (χ0n) is 24.0. The van der Waals surface area contributed by atoms with Gasteiger partial charge in [-0.05, 0) is 30.5 Å². The number of rotatable bonds is 13. The normalized spacial score (nSPS) is 21.2. The summed E-state index contributed by atoms with van der Waals surface area (Å²) in [6.07, 6.45) is -7.99. The highest BCUT2D eigenvalue weighted by Crippen LogP contribution is 2.45. The number of carboxylic acid groups (broad SMARTS) is 1. The molecule has 2 aromatic carbocycles. The van der Waals surface area contributed by atoms with Gasteiger partial charge in [-0.15, -0.1) is 0 Å². The van der Waals surface area contributed by atoms with Crippen LogP contribution in [-0.2, 0) is 15.9 Å². The van der Waals surface area contributed by atoms with Crippen molar-refractivity contribution in [1.82, 2.24) is 0 Å². The predicted molar refractivity (Wildman–Crippen MR) is 149 cm³/mol. The van der Waals surface area contributed by atoms with Gasteiger partial charge in [0.15, 0.2) is 29.0 Å². The van der Waals surface area contributed by atoms with Gasteiger partial charge >= 0.3 is 11.9 Å². The fraction of sp³-hybridized carbons (Fsp3) is 0.444. The Morgan fingerprint density at radius 1 is 0.909 bits per heavy atom. The SMILES string of the molecule is COc1cc(C(=O)OC[C@H]2O[C@H](Oc3c(CCCN=C(N)N)cc(C(=O)O)cc3OC)[C@H](O)[C@@H](O)[C@@H]2O)c(O)c(OC)c1O. The summed E-state index contributed by atoms with van der Waals surface area (Å²) < 4.78 is 31.9. The molecule has 17 heteroatoms. The number of carbonyl (C=O) groups excluding carboxylic acids is 1. The smallest absolute Gasteiger partial charge is 0.342 e. The number of phenolic OH excluding ortho intramolecular Hbond substituents is 2. The van der Waals surface area contributed by atoms with Crippen molar-refractivity contribution in [3.8, 4) is 34.5 Å². The van der Waals surface area contributed by atoms with Gasteiger partial charge in [0, 0.05) is 12.6 Å². The van der Waals surface area contributed by atoms with E-state index < -0.39 is 72.1 Å². The van der Waals surface area contributed by atoms with Gasteiger partial charge in [0.2, 0.25) is 17.8 Å². The van der Waals surface area contributed by atoms with E-state index in [0.717, 1.165) is 13.2 Å². The molecule has 5 atom stereocenters. The third kappa shape index (κ3) is 7.43. The number of guanidine groups is 1. The number of methoxy groups -OCH3 is 3. The third-order valence-electron chi connectivity index (χ3n) is 6.62. The van der Waals surface area contributed by atoms with Crippen molar-refractivity contribution >= 4 is 17.9 Å². The maximum Gasteiger partial charge on any atom is 0.342 e. The number of aromatic hydroxyl groups is 2. The molecule has 10 N–H and O–H groups in total. The summed E-state index contributed by atoms with van der Waals surface area (Å²) in [4.78, 5) is 28.4. The molecule has 0 amide bonds. The number of aliphatic hydroxyl groups excluding tert-OH is 3. The number of benzene rings is 2. The van der Waals surface area contributed by atoms with Crippen molar-refractivity contribution < 1.29 is 68.6 Å². The lowest BCUT2D eigenvalue weighted by atomic mass is 9.99. The highest BCUT2D eigenvalue weighted by Gasteiger charge is 2.46. The molecule has 44 heavy (non-hydrogen) atoms. The molecule has 3 rings (SSSR count). The minimum absolute atomic E-state index is 0.0289. The summed E-state index contributed by atoms with van der Waals surface area (Å²) in [6, 6.07) is 3.51. The lowest BCUT2D eigenvalue weighted by Crippen LogP contribution is -2.60. The van der Waals surface area contributed by atoms with Crippen LogP contribution in [0, 0.1) is 0 Å². The van der Waals surface area contributed by atoms with Gasteiger partial charge in [0.25, 0.3) is 0 Å². The number of hydrogen-bond donors (Lipinski definition) is 8. The molecule has 1 heterocycles. The second-order valence-corrected chi connectivity index (χ2v) is 9.47. The first-order valence-electron chi connectivity index (χ1n) is 13.0. The fourth-order valence-electron chi connectivity index (χ4n) is 4.35. The first-order valence-corrected chi connectivity index (χ1v) is 13.0. The van der Waals surface area contributed by atoms with Gasteiger partial charge in [-0.3, -0.25) is 4.99 Å². The molecule has 0 radical (unpaired) electrons. The number of nitrogens with zero attached hydrogens (tertiary/aromatic N) is 1.